The lowest BCUT2D eigenvalue weighted by Gasteiger charge is -2.20. The summed E-state index contributed by atoms with van der Waals surface area (Å²) in [6.45, 7) is 4.50. The molecular weight excluding hydrogens is 242 g/mol. The number of carbonyl (C=O) groups is 1. The van der Waals surface area contributed by atoms with Gasteiger partial charge in [0.15, 0.2) is 5.58 Å². The number of hydrogen-bond donors (Lipinski definition) is 2. The van der Waals surface area contributed by atoms with Crippen molar-refractivity contribution in [3.05, 3.63) is 30.0 Å². The molecule has 5 heteroatoms. The van der Waals surface area contributed by atoms with Crippen molar-refractivity contribution in [2.45, 2.75) is 26.3 Å². The highest BCUT2D eigenvalue weighted by Crippen LogP contribution is 2.18. The van der Waals surface area contributed by atoms with Crippen LogP contribution in [0.5, 0.6) is 0 Å². The number of fused-ring (bicyclic) bond motifs is 1. The Hall–Kier alpha value is -1.88. The molecular formula is C14H19N3O2. The molecule has 1 heterocycles. The molecule has 1 unspecified atom stereocenters. The smallest absolute Gasteiger partial charge is 0.226 e. The monoisotopic (exact) mass is 261 g/mol. The topological polar surface area (TPSA) is 81.1 Å². The average Bonchev–Trinajstić information content (AvgIpc) is 2.79. The molecule has 3 N–H and O–H groups in total. The van der Waals surface area contributed by atoms with Gasteiger partial charge in [0.05, 0.1) is 6.42 Å². The molecule has 1 aromatic heterocycles. The first-order chi connectivity index (χ1) is 9.11. The highest BCUT2D eigenvalue weighted by Gasteiger charge is 2.17. The Labute approximate surface area is 112 Å². The molecule has 1 atom stereocenters. The summed E-state index contributed by atoms with van der Waals surface area (Å²) in [4.78, 5) is 12.0. The molecule has 2 rings (SSSR count). The van der Waals surface area contributed by atoms with Crippen LogP contribution in [0.1, 0.15) is 19.5 Å². The van der Waals surface area contributed by atoms with Gasteiger partial charge in [-0.2, -0.15) is 0 Å². The lowest BCUT2D eigenvalue weighted by Crippen LogP contribution is -2.44. The standard InChI is InChI=1S/C14H19N3O2/c1-9(2)12(8-15)16-14(18)7-11-10-5-3-4-6-13(10)19-17-11/h3-6,9,12H,7-8,15H2,1-2H3,(H,16,18). The second kappa shape index (κ2) is 5.84. The number of nitrogens with two attached hydrogens (primary N) is 1. The van der Waals surface area contributed by atoms with Gasteiger partial charge in [0.2, 0.25) is 5.91 Å². The van der Waals surface area contributed by atoms with Crippen LogP contribution in [0.3, 0.4) is 0 Å². The normalized spacial score (nSPS) is 12.8. The molecule has 0 aliphatic heterocycles. The summed E-state index contributed by atoms with van der Waals surface area (Å²) in [5, 5.41) is 7.75. The largest absolute Gasteiger partial charge is 0.356 e. The van der Waals surface area contributed by atoms with Gasteiger partial charge in [-0.1, -0.05) is 31.1 Å². The van der Waals surface area contributed by atoms with Crippen LogP contribution in [-0.4, -0.2) is 23.7 Å². The van der Waals surface area contributed by atoms with E-state index in [1.165, 1.54) is 0 Å². The predicted octanol–water partition coefficient (Wildman–Crippen LogP) is 1.47. The van der Waals surface area contributed by atoms with Crippen molar-refractivity contribution >= 4 is 16.9 Å². The zero-order chi connectivity index (χ0) is 13.8. The van der Waals surface area contributed by atoms with Gasteiger partial charge in [-0.3, -0.25) is 4.79 Å². The highest BCUT2D eigenvalue weighted by molar-refractivity contribution is 5.86. The Morgan fingerprint density at radius 2 is 2.16 bits per heavy atom. The number of carbonyl (C=O) groups excluding carboxylic acids is 1. The summed E-state index contributed by atoms with van der Waals surface area (Å²) >= 11 is 0. The number of rotatable bonds is 5. The molecule has 0 bridgehead atoms. The Morgan fingerprint density at radius 3 is 2.84 bits per heavy atom. The number of nitrogens with one attached hydrogen (secondary N) is 1. The lowest BCUT2D eigenvalue weighted by atomic mass is 10.0. The first kappa shape index (κ1) is 13.5. The van der Waals surface area contributed by atoms with Crippen LogP contribution in [0, 0.1) is 5.92 Å². The molecule has 1 amide bonds. The van der Waals surface area contributed by atoms with Crippen LogP contribution >= 0.6 is 0 Å². The lowest BCUT2D eigenvalue weighted by molar-refractivity contribution is -0.121. The second-order valence-corrected chi connectivity index (χ2v) is 4.96. The summed E-state index contributed by atoms with van der Waals surface area (Å²) < 4.78 is 5.17. The van der Waals surface area contributed by atoms with Gasteiger partial charge in [0, 0.05) is 18.0 Å². The number of amides is 1. The molecule has 0 aliphatic rings. The molecule has 19 heavy (non-hydrogen) atoms. The van der Waals surface area contributed by atoms with Crippen molar-refractivity contribution in [1.29, 1.82) is 0 Å². The quantitative estimate of drug-likeness (QED) is 0.854. The van der Waals surface area contributed by atoms with E-state index < -0.39 is 0 Å². The minimum atomic E-state index is -0.0804. The summed E-state index contributed by atoms with van der Waals surface area (Å²) in [7, 11) is 0. The van der Waals surface area contributed by atoms with Crippen molar-refractivity contribution in [2.24, 2.45) is 11.7 Å². The van der Waals surface area contributed by atoms with E-state index in [0.29, 0.717) is 23.7 Å². The predicted molar refractivity (Wildman–Crippen MR) is 73.5 cm³/mol. The zero-order valence-corrected chi connectivity index (χ0v) is 11.2. The van der Waals surface area contributed by atoms with E-state index in [0.717, 1.165) is 5.39 Å². The summed E-state index contributed by atoms with van der Waals surface area (Å²) in [5.74, 6) is 0.228. The number of benzene rings is 1. The SMILES string of the molecule is CC(C)C(CN)NC(=O)Cc1noc2ccccc12. The molecule has 2 aromatic rings. The highest BCUT2D eigenvalue weighted by atomic mass is 16.5. The van der Waals surface area contributed by atoms with E-state index in [1.807, 2.05) is 38.1 Å². The van der Waals surface area contributed by atoms with E-state index in [2.05, 4.69) is 10.5 Å². The molecule has 102 valence electrons. The van der Waals surface area contributed by atoms with Gasteiger partial charge in [-0.15, -0.1) is 0 Å². The van der Waals surface area contributed by atoms with E-state index in [-0.39, 0.29) is 18.4 Å². The number of nitrogens with zero attached hydrogens (tertiary/aromatic N) is 1. The van der Waals surface area contributed by atoms with Gasteiger partial charge in [0.25, 0.3) is 0 Å². The molecule has 0 aliphatic carbocycles. The maximum Gasteiger partial charge on any atom is 0.226 e. The van der Waals surface area contributed by atoms with Crippen molar-refractivity contribution in [2.75, 3.05) is 6.54 Å². The Bertz CT molecular complexity index is 563. The van der Waals surface area contributed by atoms with Gasteiger partial charge in [-0.05, 0) is 18.1 Å². The Kier molecular flexibility index (Phi) is 4.16. The summed E-state index contributed by atoms with van der Waals surface area (Å²) in [6, 6.07) is 7.50. The average molecular weight is 261 g/mol. The van der Waals surface area contributed by atoms with Crippen LogP contribution in [0.25, 0.3) is 11.0 Å². The number of para-hydroxylation sites is 1. The number of hydrogen-bond acceptors (Lipinski definition) is 4. The number of aromatic nitrogens is 1. The van der Waals surface area contributed by atoms with Crippen LogP contribution < -0.4 is 11.1 Å². The summed E-state index contributed by atoms with van der Waals surface area (Å²) in [5.41, 5.74) is 7.00. The van der Waals surface area contributed by atoms with E-state index in [9.17, 15) is 4.79 Å². The fraction of sp³-hybridized carbons (Fsp3) is 0.429. The van der Waals surface area contributed by atoms with Crippen molar-refractivity contribution in [3.8, 4) is 0 Å². The first-order valence-electron chi connectivity index (χ1n) is 6.44. The molecule has 0 spiro atoms. The molecule has 0 saturated carbocycles. The van der Waals surface area contributed by atoms with Gasteiger partial charge < -0.3 is 15.6 Å². The minimum absolute atomic E-state index is 0.00864. The molecule has 5 nitrogen and oxygen atoms in total. The Morgan fingerprint density at radius 1 is 1.42 bits per heavy atom. The third-order valence-electron chi connectivity index (χ3n) is 3.19. The van der Waals surface area contributed by atoms with Gasteiger partial charge in [0.1, 0.15) is 5.69 Å². The van der Waals surface area contributed by atoms with Crippen LogP contribution in [0.2, 0.25) is 0 Å². The molecule has 0 fully saturated rings. The van der Waals surface area contributed by atoms with Crippen molar-refractivity contribution < 1.29 is 9.32 Å². The van der Waals surface area contributed by atoms with Crippen molar-refractivity contribution in [3.63, 3.8) is 0 Å². The van der Waals surface area contributed by atoms with Crippen LogP contribution in [0.15, 0.2) is 28.8 Å². The molecule has 0 saturated heterocycles. The zero-order valence-electron chi connectivity index (χ0n) is 11.2. The first-order valence-corrected chi connectivity index (χ1v) is 6.44. The third-order valence-corrected chi connectivity index (χ3v) is 3.19. The maximum atomic E-state index is 12.0. The molecule has 0 radical (unpaired) electrons. The van der Waals surface area contributed by atoms with E-state index in [1.54, 1.807) is 0 Å². The second-order valence-electron chi connectivity index (χ2n) is 4.96. The van der Waals surface area contributed by atoms with Crippen molar-refractivity contribution in [1.82, 2.24) is 10.5 Å². The summed E-state index contributed by atoms with van der Waals surface area (Å²) in [6.07, 6.45) is 0.209. The maximum absolute atomic E-state index is 12.0. The minimum Gasteiger partial charge on any atom is -0.356 e. The van der Waals surface area contributed by atoms with Crippen LogP contribution in [0.4, 0.5) is 0 Å². The third kappa shape index (κ3) is 3.12. The fourth-order valence-corrected chi connectivity index (χ4v) is 1.97. The van der Waals surface area contributed by atoms with E-state index >= 15 is 0 Å². The van der Waals surface area contributed by atoms with E-state index in [4.69, 9.17) is 10.3 Å². The van der Waals surface area contributed by atoms with Gasteiger partial charge >= 0.3 is 0 Å². The van der Waals surface area contributed by atoms with Crippen LogP contribution in [-0.2, 0) is 11.2 Å². The van der Waals surface area contributed by atoms with Gasteiger partial charge in [-0.25, -0.2) is 0 Å². The molecule has 1 aromatic carbocycles. The Balaban J connectivity index is 2.06. The fourth-order valence-electron chi connectivity index (χ4n) is 1.97.